The first-order valence-corrected chi connectivity index (χ1v) is 11.2. The number of fused-ring (bicyclic) bond motifs is 1. The Hall–Kier alpha value is -4.57. The van der Waals surface area contributed by atoms with E-state index in [1.807, 2.05) is 85.8 Å². The summed E-state index contributed by atoms with van der Waals surface area (Å²) in [4.78, 5) is 24.5. The van der Waals surface area contributed by atoms with Gasteiger partial charge in [0.2, 0.25) is 11.6 Å². The van der Waals surface area contributed by atoms with Gasteiger partial charge >= 0.3 is 5.69 Å². The Morgan fingerprint density at radius 1 is 0.912 bits per heavy atom. The molecule has 0 saturated heterocycles. The molecule has 0 unspecified atom stereocenters. The van der Waals surface area contributed by atoms with Gasteiger partial charge in [0.05, 0.1) is 26.5 Å². The van der Waals surface area contributed by atoms with Crippen LogP contribution in [0.2, 0.25) is 0 Å². The molecule has 34 heavy (non-hydrogen) atoms. The second-order valence-corrected chi connectivity index (χ2v) is 8.44. The Morgan fingerprint density at radius 2 is 1.56 bits per heavy atom. The first kappa shape index (κ1) is 21.3. The summed E-state index contributed by atoms with van der Waals surface area (Å²) < 4.78 is 0.983. The molecule has 5 rings (SSSR count). The van der Waals surface area contributed by atoms with Crippen molar-refractivity contribution in [3.05, 3.63) is 101 Å². The fourth-order valence-corrected chi connectivity index (χ4v) is 4.41. The fraction of sp³-hybridized carbons (Fsp3) is 0.0417. The number of hydrazine groups is 1. The lowest BCUT2D eigenvalue weighted by Crippen LogP contribution is -2.25. The SMILES string of the molecule is Cc1ccc2nc(Nc3ncnc(NN(c4ccccc4)c4ccccc4)c3[N+](=O)[O-])sc2c1. The second-order valence-electron chi connectivity index (χ2n) is 7.41. The first-order valence-electron chi connectivity index (χ1n) is 10.4. The van der Waals surface area contributed by atoms with Gasteiger partial charge in [-0.25, -0.2) is 15.0 Å². The molecule has 0 aliphatic rings. The number of hydrogen-bond acceptors (Lipinski definition) is 9. The number of nitro groups is 1. The third kappa shape index (κ3) is 4.34. The molecule has 0 bridgehead atoms. The van der Waals surface area contributed by atoms with Crippen LogP contribution in [0.5, 0.6) is 0 Å². The lowest BCUT2D eigenvalue weighted by Gasteiger charge is -2.25. The number of benzene rings is 3. The molecule has 5 aromatic rings. The number of nitrogens with one attached hydrogen (secondary N) is 2. The van der Waals surface area contributed by atoms with Crippen molar-refractivity contribution >= 4 is 55.4 Å². The Balaban J connectivity index is 1.53. The zero-order chi connectivity index (χ0) is 23.5. The minimum absolute atomic E-state index is 0.0483. The summed E-state index contributed by atoms with van der Waals surface area (Å²) >= 11 is 1.40. The van der Waals surface area contributed by atoms with Crippen molar-refractivity contribution in [3.8, 4) is 0 Å². The van der Waals surface area contributed by atoms with Crippen LogP contribution in [0.4, 0.5) is 33.8 Å². The molecular weight excluding hydrogens is 450 g/mol. The predicted molar refractivity (Wildman–Crippen MR) is 135 cm³/mol. The molecule has 0 radical (unpaired) electrons. The number of rotatable bonds is 7. The number of hydrogen-bond donors (Lipinski definition) is 2. The molecule has 9 nitrogen and oxygen atoms in total. The monoisotopic (exact) mass is 469 g/mol. The Kier molecular flexibility index (Phi) is 5.71. The summed E-state index contributed by atoms with van der Waals surface area (Å²) in [5, 5.41) is 17.4. The maximum atomic E-state index is 12.1. The highest BCUT2D eigenvalue weighted by atomic mass is 32.1. The molecule has 0 atom stereocenters. The largest absolute Gasteiger partial charge is 0.355 e. The smallest absolute Gasteiger partial charge is 0.310 e. The van der Waals surface area contributed by atoms with E-state index >= 15 is 0 Å². The molecule has 2 heterocycles. The van der Waals surface area contributed by atoms with Crippen molar-refractivity contribution in [2.45, 2.75) is 6.92 Å². The number of para-hydroxylation sites is 2. The topological polar surface area (TPSA) is 109 Å². The van der Waals surface area contributed by atoms with Gasteiger partial charge in [-0.05, 0) is 48.9 Å². The Morgan fingerprint density at radius 3 is 2.21 bits per heavy atom. The van der Waals surface area contributed by atoms with Gasteiger partial charge in [-0.15, -0.1) is 0 Å². The van der Waals surface area contributed by atoms with E-state index in [0.29, 0.717) is 5.13 Å². The molecule has 10 heteroatoms. The van der Waals surface area contributed by atoms with E-state index < -0.39 is 4.92 Å². The molecule has 0 fully saturated rings. The van der Waals surface area contributed by atoms with Crippen LogP contribution in [0.1, 0.15) is 5.56 Å². The lowest BCUT2D eigenvalue weighted by atomic mass is 10.2. The Labute approximate surface area is 198 Å². The molecule has 3 aromatic carbocycles. The van der Waals surface area contributed by atoms with Crippen molar-refractivity contribution in [1.29, 1.82) is 0 Å². The molecule has 0 saturated carbocycles. The van der Waals surface area contributed by atoms with E-state index in [4.69, 9.17) is 0 Å². The zero-order valence-electron chi connectivity index (χ0n) is 18.0. The van der Waals surface area contributed by atoms with Crippen LogP contribution in [0, 0.1) is 17.0 Å². The van der Waals surface area contributed by atoms with E-state index in [2.05, 4.69) is 25.7 Å². The van der Waals surface area contributed by atoms with Crippen LogP contribution in [-0.2, 0) is 0 Å². The molecule has 2 aromatic heterocycles. The summed E-state index contributed by atoms with van der Waals surface area (Å²) in [7, 11) is 0. The van der Waals surface area contributed by atoms with E-state index in [1.54, 1.807) is 5.01 Å². The van der Waals surface area contributed by atoms with Crippen LogP contribution in [0.3, 0.4) is 0 Å². The van der Waals surface area contributed by atoms with Gasteiger partial charge in [-0.3, -0.25) is 20.5 Å². The maximum Gasteiger partial charge on any atom is 0.355 e. The third-order valence-electron chi connectivity index (χ3n) is 5.02. The Bertz CT molecular complexity index is 1420. The first-order chi connectivity index (χ1) is 16.6. The number of anilines is 5. The number of aromatic nitrogens is 3. The van der Waals surface area contributed by atoms with Gasteiger partial charge < -0.3 is 5.32 Å². The van der Waals surface area contributed by atoms with E-state index in [9.17, 15) is 10.1 Å². The summed E-state index contributed by atoms with van der Waals surface area (Å²) in [5.74, 6) is 0.103. The highest BCUT2D eigenvalue weighted by Gasteiger charge is 2.26. The van der Waals surface area contributed by atoms with Crippen molar-refractivity contribution in [1.82, 2.24) is 15.0 Å². The summed E-state index contributed by atoms with van der Waals surface area (Å²) in [6.45, 7) is 2.00. The minimum atomic E-state index is -0.504. The van der Waals surface area contributed by atoms with Crippen molar-refractivity contribution in [2.24, 2.45) is 0 Å². The quantitative estimate of drug-likeness (QED) is 0.214. The van der Waals surface area contributed by atoms with Gasteiger partial charge in [0.25, 0.3) is 0 Å². The standard InChI is InChI=1S/C24H19N7O2S/c1-16-12-13-19-20(14-16)34-24(27-19)28-22-21(31(32)33)23(26-15-25-22)29-30(17-8-4-2-5-9-17)18-10-6-3-7-11-18/h2-15H,1H3,(H2,25,26,27,28,29). The van der Waals surface area contributed by atoms with Crippen LogP contribution in [0.25, 0.3) is 10.2 Å². The lowest BCUT2D eigenvalue weighted by molar-refractivity contribution is -0.383. The second kappa shape index (κ2) is 9.12. The minimum Gasteiger partial charge on any atom is -0.310 e. The van der Waals surface area contributed by atoms with Gasteiger partial charge in [0, 0.05) is 0 Å². The molecule has 0 aliphatic carbocycles. The number of aryl methyl sites for hydroxylation is 1. The van der Waals surface area contributed by atoms with Gasteiger partial charge in [-0.2, -0.15) is 0 Å². The van der Waals surface area contributed by atoms with Crippen LogP contribution >= 0.6 is 11.3 Å². The summed E-state index contributed by atoms with van der Waals surface area (Å²) in [6, 6.07) is 24.9. The average molecular weight is 470 g/mol. The average Bonchev–Trinajstić information content (AvgIpc) is 3.24. The summed E-state index contributed by atoms with van der Waals surface area (Å²) in [5.41, 5.74) is 6.33. The van der Waals surface area contributed by atoms with E-state index in [-0.39, 0.29) is 17.3 Å². The number of nitrogens with zero attached hydrogens (tertiary/aromatic N) is 5. The summed E-state index contributed by atoms with van der Waals surface area (Å²) in [6.07, 6.45) is 1.28. The van der Waals surface area contributed by atoms with E-state index in [0.717, 1.165) is 27.2 Å². The van der Waals surface area contributed by atoms with Gasteiger partial charge in [0.15, 0.2) is 5.13 Å². The van der Waals surface area contributed by atoms with Crippen molar-refractivity contribution < 1.29 is 4.92 Å². The van der Waals surface area contributed by atoms with E-state index in [1.165, 1.54) is 17.7 Å². The molecule has 2 N–H and O–H groups in total. The van der Waals surface area contributed by atoms with Crippen LogP contribution in [-0.4, -0.2) is 19.9 Å². The third-order valence-corrected chi connectivity index (χ3v) is 5.95. The molecule has 168 valence electrons. The number of thiazole rings is 1. The molecule has 0 spiro atoms. The normalized spacial score (nSPS) is 10.7. The van der Waals surface area contributed by atoms with Crippen molar-refractivity contribution in [3.63, 3.8) is 0 Å². The maximum absolute atomic E-state index is 12.1. The highest BCUT2D eigenvalue weighted by Crippen LogP contribution is 2.36. The molecule has 0 aliphatic heterocycles. The fourth-order valence-electron chi connectivity index (χ4n) is 3.45. The highest BCUT2D eigenvalue weighted by molar-refractivity contribution is 7.22. The zero-order valence-corrected chi connectivity index (χ0v) is 18.9. The van der Waals surface area contributed by atoms with Crippen LogP contribution in [0.15, 0.2) is 85.2 Å². The molecular formula is C24H19N7O2S. The van der Waals surface area contributed by atoms with Crippen molar-refractivity contribution in [2.75, 3.05) is 15.8 Å². The van der Waals surface area contributed by atoms with Crippen LogP contribution < -0.4 is 15.8 Å². The molecule has 0 amide bonds. The predicted octanol–water partition coefficient (Wildman–Crippen LogP) is 6.21. The van der Waals surface area contributed by atoms with Gasteiger partial charge in [-0.1, -0.05) is 53.8 Å². The van der Waals surface area contributed by atoms with Gasteiger partial charge in [0.1, 0.15) is 6.33 Å².